The van der Waals surface area contributed by atoms with E-state index in [1.54, 1.807) is 13.8 Å². The van der Waals surface area contributed by atoms with Crippen LogP contribution in [0.25, 0.3) is 0 Å². The van der Waals surface area contributed by atoms with Crippen molar-refractivity contribution in [3.8, 4) is 0 Å². The van der Waals surface area contributed by atoms with Crippen molar-refractivity contribution in [3.05, 3.63) is 538 Å². The molecule has 16 atom stereocenters. The molecule has 0 spiro atoms. The quantitative estimate of drug-likeness (QED) is 0.0386. The fraction of sp³-hybridized carbons (Fsp3) is 0.298. The zero-order chi connectivity index (χ0) is 93.2. The lowest BCUT2D eigenvalue weighted by Crippen LogP contribution is -2.39. The lowest BCUT2D eigenvalue weighted by Gasteiger charge is -2.37. The average Bonchev–Trinajstić information content (AvgIpc) is 0.791. The Bertz CT molecular complexity index is 5750. The molecule has 16 unspecified atom stereocenters. The summed E-state index contributed by atoms with van der Waals surface area (Å²) in [5.41, 5.74) is 18.3. The molecule has 0 aromatic heterocycles. The molecule has 15 aromatic rings. The van der Waals surface area contributed by atoms with Crippen LogP contribution < -0.4 is 0 Å². The van der Waals surface area contributed by atoms with Crippen molar-refractivity contribution in [1.82, 2.24) is 0 Å². The van der Waals surface area contributed by atoms with Gasteiger partial charge in [0.25, 0.3) is 0 Å². The van der Waals surface area contributed by atoms with E-state index in [4.69, 9.17) is 4.74 Å². The number of hydrogen-bond donors (Lipinski definition) is 1. The fourth-order valence-corrected chi connectivity index (χ4v) is 23.4. The van der Waals surface area contributed by atoms with E-state index in [0.717, 1.165) is 102 Å². The Morgan fingerprint density at radius 1 is 0.207 bits per heavy atom. The van der Waals surface area contributed by atoms with Crippen molar-refractivity contribution in [1.29, 1.82) is 0 Å². The molecule has 15 rings (SSSR count). The standard InChI is InChI=1S/C131H140O4/c1-6-98(99-52-22-7-23-53-99)82-114(100-54-24-8-25-55-100)83-115(101-56-26-9-27-57-101)84-116(102-58-28-10-29-59-102)85-117(103-60-30-11-31-61-103)86-118(104-62-32-12-33-63-104)87-119(105-64-34-13-35-65-105)88-120(106-66-36-14-37-67-106)89-121(107-68-38-15-39-69-107)90-122(108-70-40-16-41-71-108)91-123(109-72-42-17-43-73-109)92-124(110-74-44-18-45-75-110)93-125(111-76-46-19-47-77-111)94-126(112-78-48-20-49-79-112)95-127(113-80-50-21-51-81-113)96-131(4,129(134)135-5)97-130(2,3)128(132)133/h7-81,98,114-127H,6,82-97H2,1-5H3,(H,132,133). The predicted molar refractivity (Wildman–Crippen MR) is 563 cm³/mol. The van der Waals surface area contributed by atoms with Crippen LogP contribution in [0.4, 0.5) is 0 Å². The van der Waals surface area contributed by atoms with Gasteiger partial charge < -0.3 is 9.84 Å². The predicted octanol–water partition coefficient (Wildman–Crippen LogP) is 34.7. The summed E-state index contributed by atoms with van der Waals surface area (Å²) in [6.45, 7) is 7.77. The van der Waals surface area contributed by atoms with Crippen LogP contribution >= 0.6 is 0 Å². The number of ether oxygens (including phenoxy) is 1. The van der Waals surface area contributed by atoms with Crippen LogP contribution in [-0.2, 0) is 14.3 Å². The van der Waals surface area contributed by atoms with Crippen LogP contribution in [0.15, 0.2) is 455 Å². The van der Waals surface area contributed by atoms with E-state index < -0.39 is 16.8 Å². The lowest BCUT2D eigenvalue weighted by molar-refractivity contribution is -0.158. The summed E-state index contributed by atoms with van der Waals surface area (Å²) in [5.74, 6) is 1.66. The first kappa shape index (κ1) is 96.8. The molecule has 15 aromatic carbocycles. The number of benzene rings is 15. The van der Waals surface area contributed by atoms with Gasteiger partial charge in [0.05, 0.1) is 17.9 Å². The van der Waals surface area contributed by atoms with E-state index in [2.05, 4.69) is 462 Å². The Kier molecular flexibility index (Phi) is 35.5. The largest absolute Gasteiger partial charge is 0.481 e. The minimum atomic E-state index is -1.18. The van der Waals surface area contributed by atoms with Gasteiger partial charge >= 0.3 is 11.9 Å². The van der Waals surface area contributed by atoms with Gasteiger partial charge in [-0.3, -0.25) is 9.59 Å². The summed E-state index contributed by atoms with van der Waals surface area (Å²) in [7, 11) is 1.44. The molecule has 688 valence electrons. The summed E-state index contributed by atoms with van der Waals surface area (Å²) >= 11 is 0. The maximum atomic E-state index is 14.4. The number of methoxy groups -OCH3 is 1. The van der Waals surface area contributed by atoms with Crippen LogP contribution in [0.2, 0.25) is 0 Å². The Balaban J connectivity index is 0.766. The molecule has 0 bridgehead atoms. The number of carboxylic acids is 1. The van der Waals surface area contributed by atoms with Gasteiger partial charge in [0.2, 0.25) is 0 Å². The number of carbonyl (C=O) groups excluding carboxylic acids is 1. The molecule has 0 aliphatic heterocycles. The molecule has 135 heavy (non-hydrogen) atoms. The van der Waals surface area contributed by atoms with Gasteiger partial charge in [-0.05, 0) is 302 Å². The molecule has 0 saturated heterocycles. The zero-order valence-corrected chi connectivity index (χ0v) is 80.2. The molecular weight excluding hydrogens is 1640 g/mol. The number of carbonyl (C=O) groups is 2. The monoisotopic (exact) mass is 1780 g/mol. The van der Waals surface area contributed by atoms with E-state index in [1.807, 2.05) is 6.92 Å². The number of hydrogen-bond acceptors (Lipinski definition) is 3. The molecule has 1 N–H and O–H groups in total. The molecule has 4 heteroatoms. The van der Waals surface area contributed by atoms with E-state index >= 15 is 0 Å². The summed E-state index contributed by atoms with van der Waals surface area (Å²) in [4.78, 5) is 27.4. The van der Waals surface area contributed by atoms with Crippen molar-refractivity contribution < 1.29 is 19.4 Å². The third kappa shape index (κ3) is 27.5. The molecular formula is C131H140O4. The molecule has 4 nitrogen and oxygen atoms in total. The normalized spacial score (nSPS) is 15.5. The third-order valence-corrected chi connectivity index (χ3v) is 30.3. The van der Waals surface area contributed by atoms with Gasteiger partial charge in [0.15, 0.2) is 0 Å². The van der Waals surface area contributed by atoms with Crippen molar-refractivity contribution in [3.63, 3.8) is 0 Å². The molecule has 0 heterocycles. The number of carboxylic acid groups (broad SMARTS) is 1. The minimum Gasteiger partial charge on any atom is -0.481 e. The highest BCUT2D eigenvalue weighted by molar-refractivity contribution is 5.79. The van der Waals surface area contributed by atoms with E-state index in [-0.39, 0.29) is 83.4 Å². The minimum absolute atomic E-state index is 0.0532. The second kappa shape index (κ2) is 49.5. The summed E-state index contributed by atoms with van der Waals surface area (Å²) in [6, 6.07) is 172. The molecule has 0 aliphatic rings. The maximum Gasteiger partial charge on any atom is 0.311 e. The second-order valence-electron chi connectivity index (χ2n) is 39.9. The smallest absolute Gasteiger partial charge is 0.311 e. The SMILES string of the molecule is CCC(CC(CC(CC(CC(CC(CC(CC(CC(CC(CC(CC(CC(CC(CC(CC(C)(CC(C)(C)C(=O)O)C(=O)OC)c1ccccc1)c1ccccc1)c1ccccc1)c1ccccc1)c1ccccc1)c1ccccc1)c1ccccc1)c1ccccc1)c1ccccc1)c1ccccc1)c1ccccc1)c1ccccc1)c1ccccc1)c1ccccc1)c1ccccc1. The van der Waals surface area contributed by atoms with Gasteiger partial charge in [0, 0.05) is 0 Å². The Labute approximate surface area is 807 Å². The summed E-state index contributed by atoms with van der Waals surface area (Å²) in [5, 5.41) is 10.6. The average molecular weight is 1780 g/mol. The topological polar surface area (TPSA) is 63.6 Å². The van der Waals surface area contributed by atoms with Crippen molar-refractivity contribution >= 4 is 11.9 Å². The first-order valence-electron chi connectivity index (χ1n) is 50.2. The van der Waals surface area contributed by atoms with Crippen LogP contribution in [-0.4, -0.2) is 24.2 Å². The Morgan fingerprint density at radius 2 is 0.326 bits per heavy atom. The Morgan fingerprint density at radius 3 is 0.452 bits per heavy atom. The van der Waals surface area contributed by atoms with E-state index in [9.17, 15) is 14.7 Å². The third-order valence-electron chi connectivity index (χ3n) is 30.3. The highest BCUT2D eigenvalue weighted by Gasteiger charge is 2.46. The first-order chi connectivity index (χ1) is 66.2. The maximum absolute atomic E-state index is 14.4. The van der Waals surface area contributed by atoms with Gasteiger partial charge in [-0.25, -0.2) is 0 Å². The van der Waals surface area contributed by atoms with Crippen LogP contribution in [0.3, 0.4) is 0 Å². The number of aliphatic carboxylic acids is 1. The molecule has 0 saturated carbocycles. The van der Waals surface area contributed by atoms with Crippen molar-refractivity contribution in [2.24, 2.45) is 10.8 Å². The lowest BCUT2D eigenvalue weighted by atomic mass is 9.66. The van der Waals surface area contributed by atoms with Crippen LogP contribution in [0, 0.1) is 10.8 Å². The zero-order valence-electron chi connectivity index (χ0n) is 80.2. The highest BCUT2D eigenvalue weighted by Crippen LogP contribution is 2.54. The number of esters is 1. The highest BCUT2D eigenvalue weighted by atomic mass is 16.5. The molecule has 0 amide bonds. The molecule has 0 fully saturated rings. The van der Waals surface area contributed by atoms with Crippen LogP contribution in [0.5, 0.6) is 0 Å². The van der Waals surface area contributed by atoms with Gasteiger partial charge in [-0.2, -0.15) is 0 Å². The Hall–Kier alpha value is -12.8. The van der Waals surface area contributed by atoms with E-state index in [0.29, 0.717) is 24.2 Å². The van der Waals surface area contributed by atoms with E-state index in [1.165, 1.54) is 85.0 Å². The van der Waals surface area contributed by atoms with Gasteiger partial charge in [-0.1, -0.05) is 462 Å². The van der Waals surface area contributed by atoms with Gasteiger partial charge in [0.1, 0.15) is 0 Å². The molecule has 0 aliphatic carbocycles. The number of rotatable bonds is 50. The van der Waals surface area contributed by atoms with Crippen molar-refractivity contribution in [2.45, 2.75) is 226 Å². The summed E-state index contributed by atoms with van der Waals surface area (Å²) < 4.78 is 5.65. The van der Waals surface area contributed by atoms with Gasteiger partial charge in [-0.15, -0.1) is 0 Å². The first-order valence-corrected chi connectivity index (χ1v) is 50.2. The molecule has 0 radical (unpaired) electrons. The summed E-state index contributed by atoms with van der Waals surface area (Å²) in [6.07, 6.45) is 15.1. The fourth-order valence-electron chi connectivity index (χ4n) is 23.4. The van der Waals surface area contributed by atoms with Crippen molar-refractivity contribution in [2.75, 3.05) is 7.11 Å². The second-order valence-corrected chi connectivity index (χ2v) is 39.9. The van der Waals surface area contributed by atoms with Crippen LogP contribution in [0.1, 0.15) is 309 Å².